The number of benzene rings is 1. The lowest BCUT2D eigenvalue weighted by atomic mass is 10.1. The van der Waals surface area contributed by atoms with Gasteiger partial charge in [0.2, 0.25) is 0 Å². The van der Waals surface area contributed by atoms with Crippen LogP contribution in [0.2, 0.25) is 0 Å². The third-order valence-electron chi connectivity index (χ3n) is 2.55. The predicted molar refractivity (Wildman–Crippen MR) is 74.3 cm³/mol. The van der Waals surface area contributed by atoms with Gasteiger partial charge in [-0.15, -0.1) is 0 Å². The number of nitrogens with zero attached hydrogens (tertiary/aromatic N) is 1. The maximum absolute atomic E-state index is 12.0. The fraction of sp³-hybridized carbons (Fsp3) is 0.143. The smallest absolute Gasteiger partial charge is 0.252 e. The van der Waals surface area contributed by atoms with Gasteiger partial charge in [-0.2, -0.15) is 0 Å². The lowest BCUT2D eigenvalue weighted by molar-refractivity contribution is 0.0950. The number of hydrogen-bond acceptors (Lipinski definition) is 2. The summed E-state index contributed by atoms with van der Waals surface area (Å²) in [6.07, 6.45) is 3.45. The Morgan fingerprint density at radius 3 is 2.89 bits per heavy atom. The number of hydrogen-bond donors (Lipinski definition) is 1. The van der Waals surface area contributed by atoms with Gasteiger partial charge in [-0.3, -0.25) is 9.78 Å². The molecule has 0 aliphatic carbocycles. The van der Waals surface area contributed by atoms with Crippen molar-refractivity contribution in [1.82, 2.24) is 10.3 Å². The summed E-state index contributed by atoms with van der Waals surface area (Å²) in [5.74, 6) is -0.0919. The van der Waals surface area contributed by atoms with E-state index in [0.29, 0.717) is 12.1 Å². The fourth-order valence-electron chi connectivity index (χ4n) is 1.58. The fourth-order valence-corrected chi connectivity index (χ4v) is 2.26. The van der Waals surface area contributed by atoms with E-state index in [1.54, 1.807) is 12.4 Å². The molecule has 0 fully saturated rings. The van der Waals surface area contributed by atoms with Crippen molar-refractivity contribution in [3.63, 3.8) is 0 Å². The summed E-state index contributed by atoms with van der Waals surface area (Å²) in [7, 11) is 0. The molecule has 4 heteroatoms. The Kier molecular flexibility index (Phi) is 4.10. The van der Waals surface area contributed by atoms with Gasteiger partial charge in [0.15, 0.2) is 0 Å². The third kappa shape index (κ3) is 3.17. The molecule has 18 heavy (non-hydrogen) atoms. The Morgan fingerprint density at radius 1 is 1.39 bits per heavy atom. The zero-order valence-corrected chi connectivity index (χ0v) is 11.6. The van der Waals surface area contributed by atoms with E-state index < -0.39 is 0 Å². The SMILES string of the molecule is Cc1ccc(C(=O)NCc2cccnc2)c(Br)c1. The number of aromatic nitrogens is 1. The normalized spacial score (nSPS) is 10.1. The van der Waals surface area contributed by atoms with Gasteiger partial charge in [0, 0.05) is 23.4 Å². The number of rotatable bonds is 3. The Balaban J connectivity index is 2.04. The molecule has 0 radical (unpaired) electrons. The quantitative estimate of drug-likeness (QED) is 0.947. The lowest BCUT2D eigenvalue weighted by Crippen LogP contribution is -2.23. The number of aryl methyl sites for hydroxylation is 1. The molecule has 1 amide bonds. The number of nitrogens with one attached hydrogen (secondary N) is 1. The van der Waals surface area contributed by atoms with Gasteiger partial charge in [-0.1, -0.05) is 12.1 Å². The molecule has 0 spiro atoms. The van der Waals surface area contributed by atoms with E-state index in [1.807, 2.05) is 37.3 Å². The Morgan fingerprint density at radius 2 is 2.22 bits per heavy atom. The number of carbonyl (C=O) groups excluding carboxylic acids is 1. The Hall–Kier alpha value is -1.68. The van der Waals surface area contributed by atoms with Crippen LogP contribution in [0.25, 0.3) is 0 Å². The van der Waals surface area contributed by atoms with E-state index in [1.165, 1.54) is 0 Å². The van der Waals surface area contributed by atoms with E-state index in [-0.39, 0.29) is 5.91 Å². The molecule has 2 rings (SSSR count). The first-order chi connectivity index (χ1) is 8.66. The molecule has 0 saturated heterocycles. The van der Waals surface area contributed by atoms with E-state index in [0.717, 1.165) is 15.6 Å². The van der Waals surface area contributed by atoms with Crippen LogP contribution >= 0.6 is 15.9 Å². The van der Waals surface area contributed by atoms with Gasteiger partial charge in [0.1, 0.15) is 0 Å². The van der Waals surface area contributed by atoms with Crippen molar-refractivity contribution in [3.05, 3.63) is 63.9 Å². The molecule has 1 aromatic heterocycles. The van der Waals surface area contributed by atoms with Gasteiger partial charge in [0.25, 0.3) is 5.91 Å². The number of amides is 1. The second-order valence-electron chi connectivity index (χ2n) is 4.03. The molecule has 0 saturated carbocycles. The molecule has 92 valence electrons. The third-order valence-corrected chi connectivity index (χ3v) is 3.20. The van der Waals surface area contributed by atoms with Crippen LogP contribution in [0.4, 0.5) is 0 Å². The summed E-state index contributed by atoms with van der Waals surface area (Å²) >= 11 is 3.40. The summed E-state index contributed by atoms with van der Waals surface area (Å²) in [5.41, 5.74) is 2.74. The van der Waals surface area contributed by atoms with Crippen LogP contribution < -0.4 is 5.32 Å². The van der Waals surface area contributed by atoms with E-state index >= 15 is 0 Å². The first-order valence-electron chi connectivity index (χ1n) is 5.60. The molecule has 2 aromatic rings. The van der Waals surface area contributed by atoms with E-state index in [9.17, 15) is 4.79 Å². The van der Waals surface area contributed by atoms with Crippen LogP contribution in [0, 0.1) is 6.92 Å². The molecule has 1 N–H and O–H groups in total. The minimum atomic E-state index is -0.0919. The number of pyridine rings is 1. The molecule has 0 aliphatic heterocycles. The van der Waals surface area contributed by atoms with Gasteiger partial charge in [-0.25, -0.2) is 0 Å². The Bertz CT molecular complexity index is 555. The minimum Gasteiger partial charge on any atom is -0.348 e. The molecule has 3 nitrogen and oxygen atoms in total. The number of halogens is 1. The average Bonchev–Trinajstić information content (AvgIpc) is 2.37. The highest BCUT2D eigenvalue weighted by Gasteiger charge is 2.09. The van der Waals surface area contributed by atoms with Crippen molar-refractivity contribution in [2.24, 2.45) is 0 Å². The van der Waals surface area contributed by atoms with Crippen LogP contribution in [0.3, 0.4) is 0 Å². The van der Waals surface area contributed by atoms with Crippen molar-refractivity contribution in [1.29, 1.82) is 0 Å². The zero-order chi connectivity index (χ0) is 13.0. The second-order valence-corrected chi connectivity index (χ2v) is 4.88. The summed E-state index contributed by atoms with van der Waals surface area (Å²) in [6.45, 7) is 2.47. The maximum atomic E-state index is 12.0. The van der Waals surface area contributed by atoms with Crippen LogP contribution in [-0.4, -0.2) is 10.9 Å². The van der Waals surface area contributed by atoms with Gasteiger partial charge < -0.3 is 5.32 Å². The van der Waals surface area contributed by atoms with E-state index in [2.05, 4.69) is 26.2 Å². The minimum absolute atomic E-state index is 0.0919. The standard InChI is InChI=1S/C14H13BrN2O/c1-10-4-5-12(13(15)7-10)14(18)17-9-11-3-2-6-16-8-11/h2-8H,9H2,1H3,(H,17,18). The van der Waals surface area contributed by atoms with E-state index in [4.69, 9.17) is 0 Å². The topological polar surface area (TPSA) is 42.0 Å². The Labute approximate surface area is 114 Å². The largest absolute Gasteiger partial charge is 0.348 e. The van der Waals surface area contributed by atoms with Gasteiger partial charge >= 0.3 is 0 Å². The molecule has 0 atom stereocenters. The summed E-state index contributed by atoms with van der Waals surface area (Å²) < 4.78 is 0.811. The zero-order valence-electron chi connectivity index (χ0n) is 9.98. The van der Waals surface area contributed by atoms with Crippen LogP contribution in [-0.2, 0) is 6.54 Å². The lowest BCUT2D eigenvalue weighted by Gasteiger charge is -2.07. The summed E-state index contributed by atoms with van der Waals surface area (Å²) in [5, 5.41) is 2.87. The van der Waals surface area contributed by atoms with Crippen molar-refractivity contribution in [2.45, 2.75) is 13.5 Å². The molecule has 0 bridgehead atoms. The van der Waals surface area contributed by atoms with Crippen LogP contribution in [0.15, 0.2) is 47.2 Å². The molecule has 1 heterocycles. The molecule has 0 aliphatic rings. The van der Waals surface area contributed by atoms with Crippen molar-refractivity contribution < 1.29 is 4.79 Å². The van der Waals surface area contributed by atoms with Crippen LogP contribution in [0.5, 0.6) is 0 Å². The molecule has 0 unspecified atom stereocenters. The molecular formula is C14H13BrN2O. The maximum Gasteiger partial charge on any atom is 0.252 e. The monoisotopic (exact) mass is 304 g/mol. The number of carbonyl (C=O) groups is 1. The average molecular weight is 305 g/mol. The van der Waals surface area contributed by atoms with Gasteiger partial charge in [-0.05, 0) is 52.2 Å². The summed E-state index contributed by atoms with van der Waals surface area (Å²) in [4.78, 5) is 16.0. The van der Waals surface area contributed by atoms with Crippen molar-refractivity contribution >= 4 is 21.8 Å². The highest BCUT2D eigenvalue weighted by molar-refractivity contribution is 9.10. The second kappa shape index (κ2) is 5.78. The molecule has 1 aromatic carbocycles. The predicted octanol–water partition coefficient (Wildman–Crippen LogP) is 3.08. The van der Waals surface area contributed by atoms with Crippen LogP contribution in [0.1, 0.15) is 21.5 Å². The van der Waals surface area contributed by atoms with Crippen molar-refractivity contribution in [3.8, 4) is 0 Å². The first kappa shape index (κ1) is 12.8. The molecular weight excluding hydrogens is 292 g/mol. The van der Waals surface area contributed by atoms with Crippen molar-refractivity contribution in [2.75, 3.05) is 0 Å². The summed E-state index contributed by atoms with van der Waals surface area (Å²) in [6, 6.07) is 9.45. The van der Waals surface area contributed by atoms with Gasteiger partial charge in [0.05, 0.1) is 5.56 Å². The first-order valence-corrected chi connectivity index (χ1v) is 6.39. The highest BCUT2D eigenvalue weighted by Crippen LogP contribution is 2.18. The highest BCUT2D eigenvalue weighted by atomic mass is 79.9.